The van der Waals surface area contributed by atoms with E-state index in [2.05, 4.69) is 31.0 Å². The molecular formula is C15H21NO2Si. The molecule has 19 heavy (non-hydrogen) atoms. The first-order chi connectivity index (χ1) is 8.68. The maximum Gasteiger partial charge on any atom is 0.328 e. The van der Waals surface area contributed by atoms with Crippen LogP contribution in [0.25, 0.3) is 0 Å². The van der Waals surface area contributed by atoms with Crippen LogP contribution in [0.15, 0.2) is 47.3 Å². The first-order valence-electron chi connectivity index (χ1n) is 6.20. The van der Waals surface area contributed by atoms with Gasteiger partial charge in [0.25, 0.3) is 0 Å². The largest absolute Gasteiger partial charge is 0.480 e. The second-order valence-corrected chi connectivity index (χ2v) is 9.82. The van der Waals surface area contributed by atoms with E-state index in [4.69, 9.17) is 10.8 Å². The summed E-state index contributed by atoms with van der Waals surface area (Å²) in [5.41, 5.74) is 10.0. The van der Waals surface area contributed by atoms with Gasteiger partial charge in [0.05, 0.1) is 0 Å². The summed E-state index contributed by atoms with van der Waals surface area (Å²) in [6.07, 6.45) is 0. The van der Waals surface area contributed by atoms with Gasteiger partial charge in [-0.25, -0.2) is 4.79 Å². The smallest absolute Gasteiger partial charge is 0.328 e. The molecule has 1 rings (SSSR count). The number of carbonyl (C=O) groups is 1. The van der Waals surface area contributed by atoms with Gasteiger partial charge in [-0.3, -0.25) is 0 Å². The lowest BCUT2D eigenvalue weighted by atomic mass is 9.95. The molecule has 4 heteroatoms. The molecule has 0 radical (unpaired) electrons. The molecule has 0 fully saturated rings. The van der Waals surface area contributed by atoms with Crippen LogP contribution < -0.4 is 10.9 Å². The fraction of sp³-hybridized carbons (Fsp3) is 0.333. The van der Waals surface area contributed by atoms with Gasteiger partial charge < -0.3 is 10.8 Å². The molecule has 1 atom stereocenters. The van der Waals surface area contributed by atoms with Crippen LogP contribution in [-0.4, -0.2) is 24.7 Å². The first kappa shape index (κ1) is 15.4. The van der Waals surface area contributed by atoms with Gasteiger partial charge in [0.2, 0.25) is 0 Å². The van der Waals surface area contributed by atoms with Gasteiger partial charge >= 0.3 is 5.97 Å². The third-order valence-corrected chi connectivity index (χ3v) is 6.08. The van der Waals surface area contributed by atoms with E-state index in [9.17, 15) is 4.79 Å². The van der Waals surface area contributed by atoms with Crippen molar-refractivity contribution in [1.29, 1.82) is 0 Å². The van der Waals surface area contributed by atoms with Crippen LogP contribution in [0.4, 0.5) is 0 Å². The normalized spacial score (nSPS) is 14.2. The average molecular weight is 275 g/mol. The summed E-state index contributed by atoms with van der Waals surface area (Å²) in [4.78, 5) is 11.1. The predicted octanol–water partition coefficient (Wildman–Crippen LogP) is 2.04. The minimum Gasteiger partial charge on any atom is -0.480 e. The van der Waals surface area contributed by atoms with Crippen molar-refractivity contribution < 1.29 is 9.90 Å². The Labute approximate surface area is 115 Å². The molecule has 0 bridgehead atoms. The van der Waals surface area contributed by atoms with E-state index < -0.39 is 19.6 Å². The van der Waals surface area contributed by atoms with E-state index in [1.807, 2.05) is 23.9 Å². The fourth-order valence-corrected chi connectivity index (χ4v) is 3.35. The Kier molecular flexibility index (Phi) is 4.53. The van der Waals surface area contributed by atoms with Crippen molar-refractivity contribution in [2.45, 2.75) is 32.5 Å². The molecular weight excluding hydrogens is 254 g/mol. The molecule has 0 saturated carbocycles. The second-order valence-electron chi connectivity index (χ2n) is 5.51. The molecule has 3 N–H and O–H groups in total. The molecule has 0 aliphatic rings. The molecule has 0 saturated heterocycles. The summed E-state index contributed by atoms with van der Waals surface area (Å²) in [5, 5.41) is 10.4. The number of aliphatic carboxylic acids is 1. The molecule has 0 unspecified atom stereocenters. The Morgan fingerprint density at radius 3 is 2.37 bits per heavy atom. The Morgan fingerprint density at radius 1 is 1.37 bits per heavy atom. The third-order valence-electron chi connectivity index (χ3n) is 3.39. The van der Waals surface area contributed by atoms with Crippen molar-refractivity contribution in [2.24, 2.45) is 5.73 Å². The lowest BCUT2D eigenvalue weighted by Crippen LogP contribution is -2.46. The van der Waals surface area contributed by atoms with Gasteiger partial charge in [0.1, 0.15) is 13.6 Å². The summed E-state index contributed by atoms with van der Waals surface area (Å²) in [6, 6.07) is 10.2. The van der Waals surface area contributed by atoms with Crippen LogP contribution in [0.2, 0.25) is 13.1 Å². The van der Waals surface area contributed by atoms with Crippen LogP contribution in [-0.2, 0) is 4.79 Å². The molecule has 3 nitrogen and oxygen atoms in total. The van der Waals surface area contributed by atoms with Crippen LogP contribution >= 0.6 is 0 Å². The summed E-state index contributed by atoms with van der Waals surface area (Å²) >= 11 is 0. The zero-order chi connectivity index (χ0) is 14.7. The zero-order valence-corrected chi connectivity index (χ0v) is 12.9. The second kappa shape index (κ2) is 5.57. The Hall–Kier alpha value is -1.61. The van der Waals surface area contributed by atoms with E-state index in [1.54, 1.807) is 6.92 Å². The Bertz CT molecular complexity index is 526. The lowest BCUT2D eigenvalue weighted by molar-refractivity contribution is -0.141. The number of carboxylic acid groups (broad SMARTS) is 1. The van der Waals surface area contributed by atoms with Gasteiger partial charge in [0.15, 0.2) is 0 Å². The molecule has 0 aliphatic carbocycles. The summed E-state index contributed by atoms with van der Waals surface area (Å²) in [7, 11) is -1.76. The molecule has 1 aromatic carbocycles. The molecule has 1 aromatic rings. The summed E-state index contributed by atoms with van der Waals surface area (Å²) in [5.74, 6) is -1.04. The van der Waals surface area contributed by atoms with Crippen LogP contribution in [0.1, 0.15) is 13.8 Å². The molecule has 0 spiro atoms. The van der Waals surface area contributed by atoms with E-state index >= 15 is 0 Å². The minimum absolute atomic E-state index is 0.538. The monoisotopic (exact) mass is 275 g/mol. The standard InChI is InChI=1S/C15H21NO2Si/c1-12(15(2,16)14(17)18)10-11-19(3,4)13-8-6-5-7-9-13/h5-9,11H,16H2,1-4H3,(H,17,18)/t10?,15-/m0/s1. The Balaban J connectivity index is 3.13. The van der Waals surface area contributed by atoms with Crippen molar-refractivity contribution in [2.75, 3.05) is 0 Å². The summed E-state index contributed by atoms with van der Waals surface area (Å²) < 4.78 is 0. The highest BCUT2D eigenvalue weighted by Crippen LogP contribution is 2.13. The van der Waals surface area contributed by atoms with E-state index in [0.717, 1.165) is 0 Å². The highest BCUT2D eigenvalue weighted by molar-refractivity contribution is 6.93. The molecule has 0 aromatic heterocycles. The molecule has 102 valence electrons. The van der Waals surface area contributed by atoms with Gasteiger partial charge in [-0.15, -0.1) is 5.73 Å². The van der Waals surface area contributed by atoms with Crippen molar-refractivity contribution in [3.05, 3.63) is 47.3 Å². The fourth-order valence-electron chi connectivity index (χ4n) is 1.55. The van der Waals surface area contributed by atoms with Crippen molar-refractivity contribution >= 4 is 19.2 Å². The SMILES string of the molecule is CC(=C=C[Si](C)(C)c1ccccc1)[C@](C)(N)C(=O)O. The van der Waals surface area contributed by atoms with E-state index in [-0.39, 0.29) is 0 Å². The van der Waals surface area contributed by atoms with Crippen molar-refractivity contribution in [1.82, 2.24) is 0 Å². The summed E-state index contributed by atoms with van der Waals surface area (Å²) in [6.45, 7) is 7.58. The van der Waals surface area contributed by atoms with Crippen LogP contribution in [0.5, 0.6) is 0 Å². The number of nitrogens with two attached hydrogens (primary N) is 1. The minimum atomic E-state index is -1.76. The maximum absolute atomic E-state index is 11.1. The topological polar surface area (TPSA) is 63.3 Å². The van der Waals surface area contributed by atoms with E-state index in [0.29, 0.717) is 5.57 Å². The number of carboxylic acids is 1. The highest BCUT2D eigenvalue weighted by atomic mass is 28.3. The van der Waals surface area contributed by atoms with Crippen LogP contribution in [0, 0.1) is 0 Å². The molecule has 0 aliphatic heterocycles. The number of benzene rings is 1. The number of hydrogen-bond acceptors (Lipinski definition) is 2. The first-order valence-corrected chi connectivity index (χ1v) is 9.28. The number of hydrogen-bond donors (Lipinski definition) is 2. The van der Waals surface area contributed by atoms with Crippen molar-refractivity contribution in [3.63, 3.8) is 0 Å². The van der Waals surface area contributed by atoms with Crippen LogP contribution in [0.3, 0.4) is 0 Å². The molecule has 0 amide bonds. The quantitative estimate of drug-likeness (QED) is 0.653. The lowest BCUT2D eigenvalue weighted by Gasteiger charge is -2.20. The third kappa shape index (κ3) is 3.67. The van der Waals surface area contributed by atoms with Gasteiger partial charge in [-0.2, -0.15) is 0 Å². The average Bonchev–Trinajstić information content (AvgIpc) is 2.36. The Morgan fingerprint density at radius 2 is 1.89 bits per heavy atom. The highest BCUT2D eigenvalue weighted by Gasteiger charge is 2.30. The molecule has 0 heterocycles. The number of rotatable bonds is 4. The van der Waals surface area contributed by atoms with Gasteiger partial charge in [-0.1, -0.05) is 48.6 Å². The van der Waals surface area contributed by atoms with Gasteiger partial charge in [-0.05, 0) is 25.1 Å². The van der Waals surface area contributed by atoms with Gasteiger partial charge in [0, 0.05) is 0 Å². The maximum atomic E-state index is 11.1. The van der Waals surface area contributed by atoms with Crippen molar-refractivity contribution in [3.8, 4) is 0 Å². The zero-order valence-electron chi connectivity index (χ0n) is 11.9. The predicted molar refractivity (Wildman–Crippen MR) is 81.1 cm³/mol. The van der Waals surface area contributed by atoms with E-state index in [1.165, 1.54) is 12.1 Å².